The van der Waals surface area contributed by atoms with Gasteiger partial charge in [0, 0.05) is 11.5 Å². The van der Waals surface area contributed by atoms with Gasteiger partial charge in [-0.15, -0.1) is 10.2 Å². The SMILES string of the molecule is Nc1c(Cl)cccc1-c1nn2c(C3CCC3)nnc2s1. The fourth-order valence-electron chi connectivity index (χ4n) is 2.39. The van der Waals surface area contributed by atoms with Gasteiger partial charge in [-0.05, 0) is 25.0 Å². The number of hydrogen-bond donors (Lipinski definition) is 1. The Morgan fingerprint density at radius 1 is 1.30 bits per heavy atom. The zero-order valence-electron chi connectivity index (χ0n) is 10.6. The summed E-state index contributed by atoms with van der Waals surface area (Å²) in [6.07, 6.45) is 3.61. The Labute approximate surface area is 124 Å². The van der Waals surface area contributed by atoms with Gasteiger partial charge < -0.3 is 5.73 Å². The molecule has 2 N–H and O–H groups in total. The molecule has 20 heavy (non-hydrogen) atoms. The number of nitrogens with two attached hydrogens (primary N) is 1. The third-order valence-electron chi connectivity index (χ3n) is 3.77. The maximum absolute atomic E-state index is 6.07. The average Bonchev–Trinajstić information content (AvgIpc) is 2.93. The number of nitrogens with zero attached hydrogens (tertiary/aromatic N) is 4. The number of benzene rings is 1. The van der Waals surface area contributed by atoms with Crippen LogP contribution in [-0.4, -0.2) is 19.8 Å². The molecule has 1 aromatic carbocycles. The van der Waals surface area contributed by atoms with Crippen molar-refractivity contribution in [3.05, 3.63) is 29.0 Å². The maximum atomic E-state index is 6.07. The van der Waals surface area contributed by atoms with E-state index < -0.39 is 0 Å². The number of anilines is 1. The number of fused-ring (bicyclic) bond motifs is 1. The number of halogens is 1. The van der Waals surface area contributed by atoms with Crippen LogP contribution in [0.1, 0.15) is 31.0 Å². The molecule has 0 radical (unpaired) electrons. The Morgan fingerprint density at radius 3 is 2.90 bits per heavy atom. The minimum absolute atomic E-state index is 0.497. The van der Waals surface area contributed by atoms with Gasteiger partial charge in [0.25, 0.3) is 0 Å². The lowest BCUT2D eigenvalue weighted by atomic mass is 9.85. The van der Waals surface area contributed by atoms with E-state index in [1.807, 2.05) is 16.6 Å². The molecule has 5 nitrogen and oxygen atoms in total. The lowest BCUT2D eigenvalue weighted by Crippen LogP contribution is -2.13. The molecule has 0 unspecified atom stereocenters. The lowest BCUT2D eigenvalue weighted by molar-refractivity contribution is 0.395. The number of para-hydroxylation sites is 1. The summed E-state index contributed by atoms with van der Waals surface area (Å²) in [6, 6.07) is 5.58. The molecule has 0 bridgehead atoms. The summed E-state index contributed by atoms with van der Waals surface area (Å²) in [7, 11) is 0. The Balaban J connectivity index is 1.84. The van der Waals surface area contributed by atoms with Crippen LogP contribution in [0.25, 0.3) is 15.5 Å². The topological polar surface area (TPSA) is 69.1 Å². The van der Waals surface area contributed by atoms with Crippen LogP contribution >= 0.6 is 22.9 Å². The van der Waals surface area contributed by atoms with Crippen molar-refractivity contribution in [2.24, 2.45) is 0 Å². The number of aromatic nitrogens is 4. The van der Waals surface area contributed by atoms with Crippen LogP contribution in [0.4, 0.5) is 5.69 Å². The Kier molecular flexibility index (Phi) is 2.68. The first-order valence-corrected chi connectivity index (χ1v) is 7.70. The van der Waals surface area contributed by atoms with E-state index in [1.54, 1.807) is 6.07 Å². The molecular weight excluding hydrogens is 294 g/mol. The number of hydrogen-bond acceptors (Lipinski definition) is 5. The van der Waals surface area contributed by atoms with Crippen LogP contribution in [0.5, 0.6) is 0 Å². The minimum Gasteiger partial charge on any atom is -0.397 e. The molecule has 4 rings (SSSR count). The summed E-state index contributed by atoms with van der Waals surface area (Å²) in [4.78, 5) is 0.807. The monoisotopic (exact) mass is 305 g/mol. The molecule has 7 heteroatoms. The summed E-state index contributed by atoms with van der Waals surface area (Å²) in [5, 5.41) is 14.5. The van der Waals surface area contributed by atoms with Gasteiger partial charge in [-0.2, -0.15) is 9.61 Å². The Morgan fingerprint density at radius 2 is 2.15 bits per heavy atom. The van der Waals surface area contributed by atoms with E-state index in [4.69, 9.17) is 17.3 Å². The quantitative estimate of drug-likeness (QED) is 0.737. The van der Waals surface area contributed by atoms with E-state index in [9.17, 15) is 0 Å². The van der Waals surface area contributed by atoms with E-state index in [1.165, 1.54) is 30.6 Å². The van der Waals surface area contributed by atoms with Gasteiger partial charge in [0.15, 0.2) is 5.82 Å². The van der Waals surface area contributed by atoms with E-state index in [-0.39, 0.29) is 0 Å². The van der Waals surface area contributed by atoms with Gasteiger partial charge in [0.05, 0.1) is 10.7 Å². The van der Waals surface area contributed by atoms with Crippen molar-refractivity contribution in [2.45, 2.75) is 25.2 Å². The minimum atomic E-state index is 0.497. The standard InChI is InChI=1S/C13H12ClN5S/c14-9-6-2-5-8(10(9)15)12-18-19-11(7-3-1-4-7)16-17-13(19)20-12/h2,5-7H,1,3-4,15H2. The van der Waals surface area contributed by atoms with Crippen LogP contribution in [0.2, 0.25) is 5.02 Å². The Hall–Kier alpha value is -1.66. The number of rotatable bonds is 2. The summed E-state index contributed by atoms with van der Waals surface area (Å²) in [6.45, 7) is 0. The Bertz CT molecular complexity index is 789. The zero-order valence-corrected chi connectivity index (χ0v) is 12.2. The smallest absolute Gasteiger partial charge is 0.234 e. The molecular formula is C13H12ClN5S. The van der Waals surface area contributed by atoms with Crippen molar-refractivity contribution in [3.8, 4) is 10.6 Å². The molecule has 2 heterocycles. The molecule has 0 aliphatic heterocycles. The van der Waals surface area contributed by atoms with E-state index in [0.29, 0.717) is 16.6 Å². The van der Waals surface area contributed by atoms with Gasteiger partial charge in [0.2, 0.25) is 4.96 Å². The van der Waals surface area contributed by atoms with Crippen molar-refractivity contribution in [2.75, 3.05) is 5.73 Å². The molecule has 3 aromatic rings. The van der Waals surface area contributed by atoms with Crippen LogP contribution < -0.4 is 5.73 Å². The summed E-state index contributed by atoms with van der Waals surface area (Å²) in [5.41, 5.74) is 7.44. The largest absolute Gasteiger partial charge is 0.397 e. The fraction of sp³-hybridized carbons (Fsp3) is 0.308. The number of nitrogen functional groups attached to an aromatic ring is 1. The molecule has 1 saturated carbocycles. The van der Waals surface area contributed by atoms with Crippen molar-refractivity contribution >= 4 is 33.6 Å². The molecule has 0 amide bonds. The van der Waals surface area contributed by atoms with Crippen molar-refractivity contribution < 1.29 is 0 Å². The first kappa shape index (κ1) is 12.1. The molecule has 0 atom stereocenters. The lowest BCUT2D eigenvalue weighted by Gasteiger charge is -2.22. The van der Waals surface area contributed by atoms with Crippen LogP contribution in [0.3, 0.4) is 0 Å². The molecule has 1 aliphatic carbocycles. The molecule has 1 fully saturated rings. The van der Waals surface area contributed by atoms with E-state index >= 15 is 0 Å². The molecule has 2 aromatic heterocycles. The van der Waals surface area contributed by atoms with Crippen molar-refractivity contribution in [3.63, 3.8) is 0 Å². The molecule has 102 valence electrons. The normalized spacial score (nSPS) is 15.7. The van der Waals surface area contributed by atoms with Gasteiger partial charge in [0.1, 0.15) is 5.01 Å². The highest BCUT2D eigenvalue weighted by Crippen LogP contribution is 2.38. The van der Waals surface area contributed by atoms with Gasteiger partial charge in [-0.25, -0.2) is 0 Å². The first-order valence-electron chi connectivity index (χ1n) is 6.50. The summed E-state index contributed by atoms with van der Waals surface area (Å²) >= 11 is 7.55. The predicted octanol–water partition coefficient (Wildman–Crippen LogP) is 3.36. The molecule has 0 saturated heterocycles. The zero-order chi connectivity index (χ0) is 13.7. The maximum Gasteiger partial charge on any atom is 0.234 e. The molecule has 0 spiro atoms. The second-order valence-electron chi connectivity index (χ2n) is 4.99. The van der Waals surface area contributed by atoms with Crippen molar-refractivity contribution in [1.82, 2.24) is 19.8 Å². The first-order chi connectivity index (χ1) is 9.74. The molecule has 1 aliphatic rings. The van der Waals surface area contributed by atoms with Crippen molar-refractivity contribution in [1.29, 1.82) is 0 Å². The summed E-state index contributed by atoms with van der Waals surface area (Å²) < 4.78 is 1.85. The van der Waals surface area contributed by atoms with Gasteiger partial charge in [-0.1, -0.05) is 35.4 Å². The third-order valence-corrected chi connectivity index (χ3v) is 5.03. The van der Waals surface area contributed by atoms with E-state index in [0.717, 1.165) is 21.4 Å². The highest BCUT2D eigenvalue weighted by molar-refractivity contribution is 7.19. The predicted molar refractivity (Wildman–Crippen MR) is 80.1 cm³/mol. The third kappa shape index (κ3) is 1.72. The summed E-state index contributed by atoms with van der Waals surface area (Å²) in [5.74, 6) is 1.46. The highest BCUT2D eigenvalue weighted by atomic mass is 35.5. The van der Waals surface area contributed by atoms with Crippen LogP contribution in [-0.2, 0) is 0 Å². The average molecular weight is 306 g/mol. The van der Waals surface area contributed by atoms with Gasteiger partial charge in [-0.3, -0.25) is 0 Å². The highest BCUT2D eigenvalue weighted by Gasteiger charge is 2.26. The van der Waals surface area contributed by atoms with Crippen LogP contribution in [0.15, 0.2) is 18.2 Å². The van der Waals surface area contributed by atoms with Crippen LogP contribution in [0, 0.1) is 0 Å². The fourth-order valence-corrected chi connectivity index (χ4v) is 3.45. The second kappa shape index (κ2) is 4.43. The van der Waals surface area contributed by atoms with Gasteiger partial charge >= 0.3 is 0 Å². The second-order valence-corrected chi connectivity index (χ2v) is 6.35. The van der Waals surface area contributed by atoms with E-state index in [2.05, 4.69) is 15.3 Å².